The lowest BCUT2D eigenvalue weighted by atomic mass is 10.2. The van der Waals surface area contributed by atoms with E-state index in [2.05, 4.69) is 4.98 Å². The van der Waals surface area contributed by atoms with E-state index in [-0.39, 0.29) is 5.88 Å². The summed E-state index contributed by atoms with van der Waals surface area (Å²) in [7, 11) is 0. The zero-order chi connectivity index (χ0) is 15.1. The fraction of sp³-hybridized carbons (Fsp3) is 0.0714. The van der Waals surface area contributed by atoms with Crippen molar-refractivity contribution in [3.05, 3.63) is 56.2 Å². The second kappa shape index (κ2) is 5.86. The van der Waals surface area contributed by atoms with Gasteiger partial charge in [0.1, 0.15) is 5.82 Å². The Morgan fingerprint density at radius 1 is 0.905 bits per heavy atom. The van der Waals surface area contributed by atoms with E-state index < -0.39 is 0 Å². The molecule has 3 rings (SSSR count). The molecule has 21 heavy (non-hydrogen) atoms. The average Bonchev–Trinajstić information content (AvgIpc) is 2.80. The summed E-state index contributed by atoms with van der Waals surface area (Å²) in [5.41, 5.74) is 2.24. The molecule has 7 heteroatoms. The van der Waals surface area contributed by atoms with Gasteiger partial charge in [0.2, 0.25) is 0 Å². The van der Waals surface area contributed by atoms with Crippen molar-refractivity contribution in [2.24, 2.45) is 0 Å². The number of imidazole rings is 1. The molecule has 0 aliphatic rings. The highest BCUT2D eigenvalue weighted by atomic mass is 35.5. The molecule has 0 aliphatic carbocycles. The van der Waals surface area contributed by atoms with Gasteiger partial charge in [0.05, 0.1) is 37.7 Å². The van der Waals surface area contributed by atoms with Gasteiger partial charge in [-0.05, 0) is 30.3 Å². The van der Waals surface area contributed by atoms with Gasteiger partial charge in [0.15, 0.2) is 0 Å². The van der Waals surface area contributed by atoms with Crippen LogP contribution in [0.3, 0.4) is 0 Å². The van der Waals surface area contributed by atoms with Crippen LogP contribution in [0.25, 0.3) is 16.7 Å². The molecule has 0 atom stereocenters. The number of fused-ring (bicyclic) bond motifs is 1. The molecule has 0 N–H and O–H groups in total. The molecule has 0 unspecified atom stereocenters. The normalized spacial score (nSPS) is 11.3. The lowest BCUT2D eigenvalue weighted by Crippen LogP contribution is -2.00. The number of aromatic nitrogens is 2. The van der Waals surface area contributed by atoms with Crippen LogP contribution in [0.15, 0.2) is 30.3 Å². The number of hydrogen-bond acceptors (Lipinski definition) is 1. The third-order valence-electron chi connectivity index (χ3n) is 3.04. The molecular formula is C14H7Cl5N2. The van der Waals surface area contributed by atoms with Crippen molar-refractivity contribution in [3.63, 3.8) is 0 Å². The highest BCUT2D eigenvalue weighted by Gasteiger charge is 2.16. The van der Waals surface area contributed by atoms with E-state index in [1.807, 2.05) is 10.6 Å². The van der Waals surface area contributed by atoms with Crippen molar-refractivity contribution in [2.45, 2.75) is 5.88 Å². The van der Waals surface area contributed by atoms with E-state index in [9.17, 15) is 0 Å². The zero-order valence-corrected chi connectivity index (χ0v) is 14.2. The Morgan fingerprint density at radius 3 is 2.33 bits per heavy atom. The Hall–Kier alpha value is -0.640. The number of halogens is 5. The molecule has 0 amide bonds. The molecule has 0 saturated carbocycles. The van der Waals surface area contributed by atoms with Crippen LogP contribution < -0.4 is 0 Å². The summed E-state index contributed by atoms with van der Waals surface area (Å²) in [6, 6.07) is 8.68. The van der Waals surface area contributed by atoms with E-state index in [1.54, 1.807) is 24.3 Å². The fourth-order valence-corrected chi connectivity index (χ4v) is 3.11. The van der Waals surface area contributed by atoms with Crippen molar-refractivity contribution >= 4 is 69.0 Å². The minimum Gasteiger partial charge on any atom is -0.294 e. The zero-order valence-electron chi connectivity index (χ0n) is 10.4. The predicted octanol–water partition coefficient (Wildman–Crippen LogP) is 6.38. The smallest absolute Gasteiger partial charge is 0.129 e. The lowest BCUT2D eigenvalue weighted by molar-refractivity contribution is 0.982. The summed E-state index contributed by atoms with van der Waals surface area (Å²) in [4.78, 5) is 4.48. The lowest BCUT2D eigenvalue weighted by Gasteiger charge is -2.11. The fourth-order valence-electron chi connectivity index (χ4n) is 2.14. The number of rotatable bonds is 2. The summed E-state index contributed by atoms with van der Waals surface area (Å²) in [5, 5.41) is 1.84. The number of benzene rings is 2. The Labute approximate surface area is 146 Å². The molecule has 0 spiro atoms. The third kappa shape index (κ3) is 2.71. The molecule has 108 valence electrons. The van der Waals surface area contributed by atoms with Gasteiger partial charge in [0.25, 0.3) is 0 Å². The van der Waals surface area contributed by atoms with Crippen LogP contribution in [0.1, 0.15) is 5.82 Å². The van der Waals surface area contributed by atoms with Crippen LogP contribution in [0.2, 0.25) is 20.1 Å². The van der Waals surface area contributed by atoms with Gasteiger partial charge in [-0.15, -0.1) is 11.6 Å². The molecule has 1 aromatic heterocycles. The maximum Gasteiger partial charge on any atom is 0.129 e. The molecule has 0 radical (unpaired) electrons. The highest BCUT2D eigenvalue weighted by molar-refractivity contribution is 6.43. The Kier molecular flexibility index (Phi) is 4.26. The summed E-state index contributed by atoms with van der Waals surface area (Å²) in [5.74, 6) is 0.873. The minimum absolute atomic E-state index is 0.225. The van der Waals surface area contributed by atoms with Gasteiger partial charge in [-0.1, -0.05) is 46.4 Å². The highest BCUT2D eigenvalue weighted by Crippen LogP contribution is 2.34. The minimum atomic E-state index is 0.225. The van der Waals surface area contributed by atoms with Crippen LogP contribution in [0.4, 0.5) is 0 Å². The molecule has 2 aromatic carbocycles. The van der Waals surface area contributed by atoms with Gasteiger partial charge >= 0.3 is 0 Å². The van der Waals surface area contributed by atoms with E-state index >= 15 is 0 Å². The van der Waals surface area contributed by atoms with Gasteiger partial charge in [-0.3, -0.25) is 4.57 Å². The molecule has 0 fully saturated rings. The summed E-state index contributed by atoms with van der Waals surface area (Å²) < 4.78 is 1.83. The molecule has 0 bridgehead atoms. The summed E-state index contributed by atoms with van der Waals surface area (Å²) in [6.07, 6.45) is 0. The van der Waals surface area contributed by atoms with Gasteiger partial charge < -0.3 is 0 Å². The maximum absolute atomic E-state index is 6.29. The van der Waals surface area contributed by atoms with E-state index in [1.165, 1.54) is 0 Å². The van der Waals surface area contributed by atoms with Crippen LogP contribution in [0.5, 0.6) is 0 Å². The van der Waals surface area contributed by atoms with Crippen molar-refractivity contribution < 1.29 is 0 Å². The van der Waals surface area contributed by atoms with Crippen molar-refractivity contribution in [2.75, 3.05) is 0 Å². The number of hydrogen-bond donors (Lipinski definition) is 0. The van der Waals surface area contributed by atoms with Crippen LogP contribution in [-0.2, 0) is 5.88 Å². The summed E-state index contributed by atoms with van der Waals surface area (Å²) >= 11 is 30.4. The van der Waals surface area contributed by atoms with Gasteiger partial charge in [0, 0.05) is 5.02 Å². The largest absolute Gasteiger partial charge is 0.294 e. The Bertz CT molecular complexity index is 841. The number of alkyl halides is 1. The standard InChI is InChI=1S/C14H7Cl5N2/c15-6-14-20-11-2-1-7(16)3-13(11)21(14)12-5-9(18)8(17)4-10(12)19/h1-5H,6H2. The monoisotopic (exact) mass is 378 g/mol. The van der Waals surface area contributed by atoms with Crippen LogP contribution in [-0.4, -0.2) is 9.55 Å². The van der Waals surface area contributed by atoms with Gasteiger partial charge in [-0.2, -0.15) is 0 Å². The Morgan fingerprint density at radius 2 is 1.62 bits per heavy atom. The maximum atomic E-state index is 6.29. The van der Waals surface area contributed by atoms with E-state index in [0.717, 1.165) is 11.0 Å². The van der Waals surface area contributed by atoms with Gasteiger partial charge in [-0.25, -0.2) is 4.98 Å². The second-order valence-corrected chi connectivity index (χ2v) is 6.27. The predicted molar refractivity (Wildman–Crippen MR) is 90.7 cm³/mol. The Balaban J connectivity index is 2.38. The topological polar surface area (TPSA) is 17.8 Å². The number of nitrogens with zero attached hydrogens (tertiary/aromatic N) is 2. The van der Waals surface area contributed by atoms with Crippen molar-refractivity contribution in [3.8, 4) is 5.69 Å². The molecular weight excluding hydrogens is 373 g/mol. The van der Waals surface area contributed by atoms with E-state index in [0.29, 0.717) is 31.6 Å². The molecule has 0 saturated heterocycles. The first-order chi connectivity index (χ1) is 10.0. The van der Waals surface area contributed by atoms with E-state index in [4.69, 9.17) is 58.0 Å². The van der Waals surface area contributed by atoms with Crippen LogP contribution in [0, 0.1) is 0 Å². The SMILES string of the molecule is ClCc1nc2ccc(Cl)cc2n1-c1cc(Cl)c(Cl)cc1Cl. The molecule has 1 heterocycles. The quantitative estimate of drug-likeness (QED) is 0.373. The third-order valence-corrected chi connectivity index (χ3v) is 4.54. The summed E-state index contributed by atoms with van der Waals surface area (Å²) in [6.45, 7) is 0. The van der Waals surface area contributed by atoms with Crippen LogP contribution >= 0.6 is 58.0 Å². The molecule has 3 aromatic rings. The average molecular weight is 380 g/mol. The first-order valence-corrected chi connectivity index (χ1v) is 7.93. The van der Waals surface area contributed by atoms with Crippen molar-refractivity contribution in [1.29, 1.82) is 0 Å². The first kappa shape index (κ1) is 15.3. The second-order valence-electron chi connectivity index (χ2n) is 4.35. The van der Waals surface area contributed by atoms with Crippen molar-refractivity contribution in [1.82, 2.24) is 9.55 Å². The molecule has 2 nitrogen and oxygen atoms in total. The molecule has 0 aliphatic heterocycles. The first-order valence-electron chi connectivity index (χ1n) is 5.89.